The normalized spacial score (nSPS) is 16.9. The minimum Gasteiger partial charge on any atom is -0.398 e. The number of aromatic amines is 1. The van der Waals surface area contributed by atoms with Gasteiger partial charge in [0.1, 0.15) is 0 Å². The largest absolute Gasteiger partial charge is 0.398 e. The van der Waals surface area contributed by atoms with Crippen molar-refractivity contribution in [2.24, 2.45) is 0 Å². The van der Waals surface area contributed by atoms with Gasteiger partial charge in [-0.15, -0.1) is 0 Å². The van der Waals surface area contributed by atoms with Crippen LogP contribution in [0.25, 0.3) is 10.9 Å². The van der Waals surface area contributed by atoms with Crippen molar-refractivity contribution in [3.05, 3.63) is 65.4 Å². The van der Waals surface area contributed by atoms with Crippen LogP contribution in [0.2, 0.25) is 0 Å². The zero-order valence-electron chi connectivity index (χ0n) is 15.7. The molecule has 3 N–H and O–H groups in total. The molecule has 1 heterocycles. The van der Waals surface area contributed by atoms with Gasteiger partial charge in [0.15, 0.2) is 0 Å². The predicted molar refractivity (Wildman–Crippen MR) is 111 cm³/mol. The van der Waals surface area contributed by atoms with Gasteiger partial charge in [0.25, 0.3) is 0 Å². The lowest BCUT2D eigenvalue weighted by Crippen LogP contribution is -2.37. The van der Waals surface area contributed by atoms with E-state index in [4.69, 9.17) is 5.73 Å². The third kappa shape index (κ3) is 3.63. The number of aromatic nitrogens is 1. The predicted octanol–water partition coefficient (Wildman–Crippen LogP) is 4.56. The smallest absolute Gasteiger partial charge is 0.0456 e. The van der Waals surface area contributed by atoms with Gasteiger partial charge in [0.2, 0.25) is 0 Å². The van der Waals surface area contributed by atoms with Crippen molar-refractivity contribution in [3.63, 3.8) is 0 Å². The molecule has 1 atom stereocenters. The third-order valence-electron chi connectivity index (χ3n) is 5.91. The van der Waals surface area contributed by atoms with Crippen LogP contribution < -0.4 is 5.73 Å². The fourth-order valence-corrected chi connectivity index (χ4v) is 4.32. The zero-order valence-corrected chi connectivity index (χ0v) is 15.7. The lowest BCUT2D eigenvalue weighted by Gasteiger charge is -2.33. The molecule has 0 saturated carbocycles. The molecule has 0 fully saturated rings. The van der Waals surface area contributed by atoms with Gasteiger partial charge in [-0.1, -0.05) is 30.3 Å². The van der Waals surface area contributed by atoms with E-state index < -0.39 is 0 Å². The summed E-state index contributed by atoms with van der Waals surface area (Å²) in [5.41, 5.74) is 12.5. The number of nitrogens with zero attached hydrogens (tertiary/aromatic N) is 1. The second kappa shape index (κ2) is 7.55. The Labute approximate surface area is 156 Å². The lowest BCUT2D eigenvalue weighted by atomic mass is 9.86. The molecule has 0 spiro atoms. The summed E-state index contributed by atoms with van der Waals surface area (Å²) >= 11 is 0. The maximum atomic E-state index is 6.13. The van der Waals surface area contributed by atoms with Crippen LogP contribution in [0.15, 0.2) is 48.5 Å². The molecule has 0 radical (unpaired) electrons. The Hall–Kier alpha value is -2.26. The van der Waals surface area contributed by atoms with Gasteiger partial charge in [-0.05, 0) is 86.8 Å². The standard InChI is InChI=1S/C23H29N3/c1-26(20-12-13-21-17(16-20)8-6-10-22(21)24)14-5-4-9-19-15-18-7-2-3-11-23(18)25-19/h2-3,6-8,10-11,15,20,25H,4-5,9,12-14,16,24H2,1H3. The SMILES string of the molecule is CN(CCCCc1cc2ccccc2[nH]1)C1CCc2c(N)cccc2C1. The van der Waals surface area contributed by atoms with Crippen molar-refractivity contribution in [1.29, 1.82) is 0 Å². The Bertz CT molecular complexity index is 847. The molecule has 1 aliphatic carbocycles. The Morgan fingerprint density at radius 2 is 2.00 bits per heavy atom. The molecule has 4 rings (SSSR count). The highest BCUT2D eigenvalue weighted by Gasteiger charge is 2.22. The number of fused-ring (bicyclic) bond motifs is 2. The molecule has 3 heteroatoms. The van der Waals surface area contributed by atoms with E-state index in [2.05, 4.69) is 59.4 Å². The Morgan fingerprint density at radius 1 is 1.12 bits per heavy atom. The number of H-pyrrole nitrogens is 1. The van der Waals surface area contributed by atoms with Crippen LogP contribution in [0.5, 0.6) is 0 Å². The fourth-order valence-electron chi connectivity index (χ4n) is 4.32. The second-order valence-electron chi connectivity index (χ2n) is 7.70. The first-order valence-corrected chi connectivity index (χ1v) is 9.84. The highest BCUT2D eigenvalue weighted by atomic mass is 15.1. The van der Waals surface area contributed by atoms with Crippen LogP contribution >= 0.6 is 0 Å². The zero-order chi connectivity index (χ0) is 17.9. The van der Waals surface area contributed by atoms with E-state index in [1.807, 2.05) is 6.07 Å². The molecule has 26 heavy (non-hydrogen) atoms. The summed E-state index contributed by atoms with van der Waals surface area (Å²) in [6, 6.07) is 17.8. The second-order valence-corrected chi connectivity index (χ2v) is 7.70. The van der Waals surface area contributed by atoms with Crippen molar-refractivity contribution in [3.8, 4) is 0 Å². The number of hydrogen-bond acceptors (Lipinski definition) is 2. The Kier molecular flexibility index (Phi) is 4.98. The molecular formula is C23H29N3. The molecule has 3 nitrogen and oxygen atoms in total. The van der Waals surface area contributed by atoms with Crippen molar-refractivity contribution in [2.45, 2.75) is 44.6 Å². The minimum absolute atomic E-state index is 0.650. The van der Waals surface area contributed by atoms with Gasteiger partial charge in [0, 0.05) is 22.9 Å². The monoisotopic (exact) mass is 347 g/mol. The van der Waals surface area contributed by atoms with Gasteiger partial charge in [0.05, 0.1) is 0 Å². The van der Waals surface area contributed by atoms with Crippen LogP contribution in [-0.2, 0) is 19.3 Å². The molecule has 136 valence electrons. The Morgan fingerprint density at radius 3 is 2.88 bits per heavy atom. The highest BCUT2D eigenvalue weighted by molar-refractivity contribution is 5.80. The fraction of sp³-hybridized carbons (Fsp3) is 0.391. The average Bonchev–Trinajstić information content (AvgIpc) is 3.08. The van der Waals surface area contributed by atoms with Crippen LogP contribution in [0, 0.1) is 0 Å². The minimum atomic E-state index is 0.650. The van der Waals surface area contributed by atoms with E-state index in [-0.39, 0.29) is 0 Å². The number of likely N-dealkylation sites (N-methyl/N-ethyl adjacent to an activating group) is 1. The first kappa shape index (κ1) is 17.2. The van der Waals surface area contributed by atoms with E-state index >= 15 is 0 Å². The quantitative estimate of drug-likeness (QED) is 0.507. The van der Waals surface area contributed by atoms with Crippen molar-refractivity contribution in [1.82, 2.24) is 9.88 Å². The number of para-hydroxylation sites is 1. The van der Waals surface area contributed by atoms with Crippen molar-refractivity contribution >= 4 is 16.6 Å². The van der Waals surface area contributed by atoms with Crippen molar-refractivity contribution in [2.75, 3.05) is 19.3 Å². The first-order chi connectivity index (χ1) is 12.7. The number of nitrogen functional groups attached to an aromatic ring is 1. The van der Waals surface area contributed by atoms with Crippen LogP contribution in [-0.4, -0.2) is 29.5 Å². The van der Waals surface area contributed by atoms with Crippen LogP contribution in [0.4, 0.5) is 5.69 Å². The van der Waals surface area contributed by atoms with E-state index in [0.29, 0.717) is 6.04 Å². The summed E-state index contributed by atoms with van der Waals surface area (Å²) in [4.78, 5) is 6.09. The molecule has 0 saturated heterocycles. The molecule has 1 unspecified atom stereocenters. The topological polar surface area (TPSA) is 45.0 Å². The van der Waals surface area contributed by atoms with E-state index in [1.54, 1.807) is 0 Å². The van der Waals surface area contributed by atoms with Crippen molar-refractivity contribution < 1.29 is 0 Å². The summed E-state index contributed by atoms with van der Waals surface area (Å²) < 4.78 is 0. The van der Waals surface area contributed by atoms with E-state index in [1.165, 1.54) is 53.5 Å². The summed E-state index contributed by atoms with van der Waals surface area (Å²) in [6.07, 6.45) is 7.08. The maximum Gasteiger partial charge on any atom is 0.0456 e. The van der Waals surface area contributed by atoms with Gasteiger partial charge in [-0.3, -0.25) is 0 Å². The summed E-state index contributed by atoms with van der Waals surface area (Å²) in [5.74, 6) is 0. The third-order valence-corrected chi connectivity index (χ3v) is 5.91. The molecule has 3 aromatic rings. The van der Waals surface area contributed by atoms with Gasteiger partial charge in [-0.2, -0.15) is 0 Å². The maximum absolute atomic E-state index is 6.13. The number of rotatable bonds is 6. The number of aryl methyl sites for hydroxylation is 1. The molecule has 0 amide bonds. The van der Waals surface area contributed by atoms with Gasteiger partial charge >= 0.3 is 0 Å². The number of nitrogens with two attached hydrogens (primary N) is 1. The first-order valence-electron chi connectivity index (χ1n) is 9.84. The van der Waals surface area contributed by atoms with Crippen LogP contribution in [0.1, 0.15) is 36.1 Å². The molecule has 0 bridgehead atoms. The summed E-state index contributed by atoms with van der Waals surface area (Å²) in [7, 11) is 2.28. The summed E-state index contributed by atoms with van der Waals surface area (Å²) in [5, 5.41) is 1.32. The summed E-state index contributed by atoms with van der Waals surface area (Å²) in [6.45, 7) is 1.17. The number of unbranched alkanes of at least 4 members (excludes halogenated alkanes) is 1. The Balaban J connectivity index is 1.26. The van der Waals surface area contributed by atoms with Gasteiger partial charge in [-0.25, -0.2) is 0 Å². The number of nitrogens with one attached hydrogen (secondary N) is 1. The van der Waals surface area contributed by atoms with E-state index in [9.17, 15) is 0 Å². The number of hydrogen-bond donors (Lipinski definition) is 2. The number of benzene rings is 2. The molecular weight excluding hydrogens is 318 g/mol. The van der Waals surface area contributed by atoms with E-state index in [0.717, 1.165) is 24.9 Å². The van der Waals surface area contributed by atoms with Gasteiger partial charge < -0.3 is 15.6 Å². The average molecular weight is 348 g/mol. The lowest BCUT2D eigenvalue weighted by molar-refractivity contribution is 0.218. The highest BCUT2D eigenvalue weighted by Crippen LogP contribution is 2.28. The molecule has 1 aromatic heterocycles. The molecule has 2 aromatic carbocycles. The molecule has 1 aliphatic rings. The van der Waals surface area contributed by atoms with Crippen LogP contribution in [0.3, 0.4) is 0 Å². The molecule has 0 aliphatic heterocycles. The number of anilines is 1.